The van der Waals surface area contributed by atoms with E-state index in [0.29, 0.717) is 11.4 Å². The Hall–Kier alpha value is -0.740. The zero-order chi connectivity index (χ0) is 14.1. The van der Waals surface area contributed by atoms with Crippen LogP contribution in [0.15, 0.2) is 24.3 Å². The first kappa shape index (κ1) is 14.7. The van der Waals surface area contributed by atoms with Crippen molar-refractivity contribution in [2.24, 2.45) is 5.92 Å². The van der Waals surface area contributed by atoms with E-state index >= 15 is 0 Å². The normalized spacial score (nSPS) is 28.4. The van der Waals surface area contributed by atoms with Crippen molar-refractivity contribution in [3.05, 3.63) is 34.9 Å². The molecule has 0 atom stereocenters. The maximum atomic E-state index is 12.6. The quantitative estimate of drug-likeness (QED) is 0.858. The minimum absolute atomic E-state index is 0.000561. The van der Waals surface area contributed by atoms with E-state index in [4.69, 9.17) is 11.6 Å². The first-order valence-corrected chi connectivity index (χ1v) is 6.70. The predicted octanol–water partition coefficient (Wildman–Crippen LogP) is 4.37. The van der Waals surface area contributed by atoms with E-state index in [0.717, 1.165) is 5.56 Å². The third-order valence-electron chi connectivity index (χ3n) is 3.80. The van der Waals surface area contributed by atoms with E-state index in [2.05, 4.69) is 0 Å². The van der Waals surface area contributed by atoms with Crippen LogP contribution in [-0.2, 0) is 6.42 Å². The van der Waals surface area contributed by atoms with Crippen LogP contribution in [0, 0.1) is 5.92 Å². The minimum atomic E-state index is -4.14. The van der Waals surface area contributed by atoms with Crippen LogP contribution in [0.3, 0.4) is 0 Å². The SMILES string of the molecule is OC1(Cc2cccc(Cl)c2)CCC(C(F)(F)F)CC1. The molecule has 1 N–H and O–H groups in total. The maximum absolute atomic E-state index is 12.6. The van der Waals surface area contributed by atoms with Crippen LogP contribution in [0.5, 0.6) is 0 Å². The largest absolute Gasteiger partial charge is 0.391 e. The molecule has 2 rings (SSSR count). The molecule has 0 aromatic heterocycles. The number of aliphatic hydroxyl groups is 1. The lowest BCUT2D eigenvalue weighted by atomic mass is 9.75. The molecule has 0 saturated heterocycles. The van der Waals surface area contributed by atoms with Crippen molar-refractivity contribution in [3.8, 4) is 0 Å². The number of hydrogen-bond donors (Lipinski definition) is 1. The lowest BCUT2D eigenvalue weighted by Crippen LogP contribution is -2.39. The topological polar surface area (TPSA) is 20.2 Å². The van der Waals surface area contributed by atoms with Gasteiger partial charge in [0.15, 0.2) is 0 Å². The Morgan fingerprint density at radius 2 is 1.89 bits per heavy atom. The van der Waals surface area contributed by atoms with Crippen molar-refractivity contribution in [2.45, 2.75) is 43.9 Å². The Balaban J connectivity index is 1.99. The Bertz CT molecular complexity index is 437. The second kappa shape index (κ2) is 5.33. The maximum Gasteiger partial charge on any atom is 0.391 e. The van der Waals surface area contributed by atoms with Crippen LogP contribution in [0.4, 0.5) is 13.2 Å². The van der Waals surface area contributed by atoms with Crippen LogP contribution >= 0.6 is 11.6 Å². The average molecular weight is 293 g/mol. The van der Waals surface area contributed by atoms with Gasteiger partial charge in [0.1, 0.15) is 0 Å². The highest BCUT2D eigenvalue weighted by Crippen LogP contribution is 2.42. The molecule has 0 radical (unpaired) electrons. The van der Waals surface area contributed by atoms with Gasteiger partial charge in [-0.05, 0) is 43.4 Å². The summed E-state index contributed by atoms with van der Waals surface area (Å²) < 4.78 is 37.7. The summed E-state index contributed by atoms with van der Waals surface area (Å²) in [6, 6.07) is 7.09. The van der Waals surface area contributed by atoms with Gasteiger partial charge in [0.25, 0.3) is 0 Å². The number of rotatable bonds is 2. The first-order valence-electron chi connectivity index (χ1n) is 6.32. The fourth-order valence-electron chi connectivity index (χ4n) is 2.69. The molecule has 5 heteroatoms. The van der Waals surface area contributed by atoms with Crippen molar-refractivity contribution in [1.82, 2.24) is 0 Å². The van der Waals surface area contributed by atoms with Crippen LogP contribution in [0.2, 0.25) is 5.02 Å². The van der Waals surface area contributed by atoms with Crippen molar-refractivity contribution in [1.29, 1.82) is 0 Å². The molecule has 0 bridgehead atoms. The minimum Gasteiger partial charge on any atom is -0.390 e. The molecular formula is C14H16ClF3O. The average Bonchev–Trinajstić information content (AvgIpc) is 2.27. The molecular weight excluding hydrogens is 277 g/mol. The Morgan fingerprint density at radius 1 is 1.26 bits per heavy atom. The van der Waals surface area contributed by atoms with Gasteiger partial charge in [0.2, 0.25) is 0 Å². The molecule has 1 aliphatic carbocycles. The summed E-state index contributed by atoms with van der Waals surface area (Å²) in [5.41, 5.74) is -0.174. The molecule has 0 aliphatic heterocycles. The lowest BCUT2D eigenvalue weighted by Gasteiger charge is -2.36. The molecule has 1 aliphatic rings. The second-order valence-electron chi connectivity index (χ2n) is 5.35. The highest BCUT2D eigenvalue weighted by molar-refractivity contribution is 6.30. The first-order chi connectivity index (χ1) is 8.78. The third-order valence-corrected chi connectivity index (χ3v) is 4.04. The number of benzene rings is 1. The monoisotopic (exact) mass is 292 g/mol. The fraction of sp³-hybridized carbons (Fsp3) is 0.571. The van der Waals surface area contributed by atoms with Crippen molar-refractivity contribution in [2.75, 3.05) is 0 Å². The van der Waals surface area contributed by atoms with Crippen LogP contribution in [0.25, 0.3) is 0 Å². The zero-order valence-corrected chi connectivity index (χ0v) is 11.1. The van der Waals surface area contributed by atoms with E-state index in [9.17, 15) is 18.3 Å². The van der Waals surface area contributed by atoms with Gasteiger partial charge in [0, 0.05) is 11.4 Å². The molecule has 1 aromatic carbocycles. The smallest absolute Gasteiger partial charge is 0.390 e. The van der Waals surface area contributed by atoms with Gasteiger partial charge in [-0.1, -0.05) is 23.7 Å². The molecule has 106 valence electrons. The van der Waals surface area contributed by atoms with Gasteiger partial charge < -0.3 is 5.11 Å². The summed E-state index contributed by atoms with van der Waals surface area (Å²) in [5, 5.41) is 11.0. The van der Waals surface area contributed by atoms with Gasteiger partial charge in [-0.2, -0.15) is 13.2 Å². The fourth-order valence-corrected chi connectivity index (χ4v) is 2.90. The molecule has 0 heterocycles. The Morgan fingerprint density at radius 3 is 2.42 bits per heavy atom. The van der Waals surface area contributed by atoms with E-state index in [1.54, 1.807) is 18.2 Å². The molecule has 0 amide bonds. The summed E-state index contributed by atoms with van der Waals surface area (Å²) in [6.45, 7) is 0. The van der Waals surface area contributed by atoms with Crippen molar-refractivity contribution >= 4 is 11.6 Å². The summed E-state index contributed by atoms with van der Waals surface area (Å²) >= 11 is 5.86. The van der Waals surface area contributed by atoms with Crippen LogP contribution in [0.1, 0.15) is 31.2 Å². The van der Waals surface area contributed by atoms with Gasteiger partial charge in [0.05, 0.1) is 11.5 Å². The highest BCUT2D eigenvalue weighted by atomic mass is 35.5. The molecule has 1 aromatic rings. The van der Waals surface area contributed by atoms with Gasteiger partial charge in [-0.3, -0.25) is 0 Å². The predicted molar refractivity (Wildman–Crippen MR) is 68.1 cm³/mol. The van der Waals surface area contributed by atoms with Crippen molar-refractivity contribution in [3.63, 3.8) is 0 Å². The summed E-state index contributed by atoms with van der Waals surface area (Å²) in [5.74, 6) is -1.27. The second-order valence-corrected chi connectivity index (χ2v) is 5.78. The molecule has 0 unspecified atom stereocenters. The van der Waals surface area contributed by atoms with E-state index in [1.807, 2.05) is 6.07 Å². The van der Waals surface area contributed by atoms with Crippen molar-refractivity contribution < 1.29 is 18.3 Å². The van der Waals surface area contributed by atoms with Crippen LogP contribution < -0.4 is 0 Å². The van der Waals surface area contributed by atoms with Gasteiger partial charge >= 0.3 is 6.18 Å². The van der Waals surface area contributed by atoms with Gasteiger partial charge in [-0.25, -0.2) is 0 Å². The number of alkyl halides is 3. The number of hydrogen-bond acceptors (Lipinski definition) is 1. The molecule has 1 saturated carbocycles. The molecule has 1 nitrogen and oxygen atoms in total. The molecule has 1 fully saturated rings. The number of halogens is 4. The summed E-state index contributed by atoms with van der Waals surface area (Å²) in [6.07, 6.45) is -3.41. The summed E-state index contributed by atoms with van der Waals surface area (Å²) in [4.78, 5) is 0. The summed E-state index contributed by atoms with van der Waals surface area (Å²) in [7, 11) is 0. The highest BCUT2D eigenvalue weighted by Gasteiger charge is 2.45. The standard InChI is InChI=1S/C14H16ClF3O/c15-12-3-1-2-10(8-12)9-13(19)6-4-11(5-7-13)14(16,17)18/h1-3,8,11,19H,4-7,9H2. The third kappa shape index (κ3) is 3.86. The van der Waals surface area contributed by atoms with E-state index in [-0.39, 0.29) is 25.7 Å². The van der Waals surface area contributed by atoms with Crippen LogP contribution in [-0.4, -0.2) is 16.9 Å². The Labute approximate surface area is 115 Å². The van der Waals surface area contributed by atoms with E-state index in [1.165, 1.54) is 0 Å². The van der Waals surface area contributed by atoms with E-state index < -0.39 is 17.7 Å². The molecule has 0 spiro atoms. The van der Waals surface area contributed by atoms with Gasteiger partial charge in [-0.15, -0.1) is 0 Å². The molecule has 19 heavy (non-hydrogen) atoms. The Kier molecular flexibility index (Phi) is 4.11. The zero-order valence-electron chi connectivity index (χ0n) is 10.4. The lowest BCUT2D eigenvalue weighted by molar-refractivity contribution is -0.192.